The summed E-state index contributed by atoms with van der Waals surface area (Å²) in [4.78, 5) is 21.4. The van der Waals surface area contributed by atoms with Gasteiger partial charge in [-0.25, -0.2) is 0 Å². The van der Waals surface area contributed by atoms with Crippen molar-refractivity contribution in [3.05, 3.63) is 60.0 Å². The first-order valence-corrected chi connectivity index (χ1v) is 9.28. The van der Waals surface area contributed by atoms with E-state index in [2.05, 4.69) is 44.3 Å². The summed E-state index contributed by atoms with van der Waals surface area (Å²) in [6, 6.07) is 11.7. The van der Waals surface area contributed by atoms with E-state index in [1.54, 1.807) is 6.20 Å². The van der Waals surface area contributed by atoms with Gasteiger partial charge in [0.05, 0.1) is 11.6 Å². The lowest BCUT2D eigenvalue weighted by Crippen LogP contribution is -2.53. The molecule has 140 valence electrons. The first-order valence-electron chi connectivity index (χ1n) is 9.28. The number of nitrogens with two attached hydrogens (primary N) is 1. The molecule has 7 heteroatoms. The molecule has 1 fully saturated rings. The molecule has 1 saturated heterocycles. The van der Waals surface area contributed by atoms with Crippen molar-refractivity contribution in [1.82, 2.24) is 25.0 Å². The van der Waals surface area contributed by atoms with Gasteiger partial charge in [0.25, 0.3) is 0 Å². The van der Waals surface area contributed by atoms with Gasteiger partial charge in [-0.15, -0.1) is 0 Å². The molecule has 1 aliphatic rings. The Morgan fingerprint density at radius 2 is 1.93 bits per heavy atom. The summed E-state index contributed by atoms with van der Waals surface area (Å²) in [6.45, 7) is 3.93. The highest BCUT2D eigenvalue weighted by Crippen LogP contribution is 2.18. The van der Waals surface area contributed by atoms with Crippen LogP contribution in [0.15, 0.2) is 48.8 Å². The number of amides is 1. The Kier molecular flexibility index (Phi) is 5.13. The molecule has 1 aliphatic heterocycles. The van der Waals surface area contributed by atoms with Crippen LogP contribution in [0.3, 0.4) is 0 Å². The summed E-state index contributed by atoms with van der Waals surface area (Å²) < 4.78 is 0. The molecule has 1 amide bonds. The fourth-order valence-electron chi connectivity index (χ4n) is 3.62. The van der Waals surface area contributed by atoms with E-state index in [9.17, 15) is 4.79 Å². The number of carbonyl (C=O) groups excluding carboxylic acids is 1. The maximum absolute atomic E-state index is 12.6. The van der Waals surface area contributed by atoms with Gasteiger partial charge in [0, 0.05) is 62.6 Å². The summed E-state index contributed by atoms with van der Waals surface area (Å²) in [5, 5.41) is 7.92. The smallest absolute Gasteiger partial charge is 0.239 e. The molecule has 0 bridgehead atoms. The van der Waals surface area contributed by atoms with Crippen molar-refractivity contribution in [2.75, 3.05) is 26.2 Å². The number of para-hydroxylation sites is 1. The summed E-state index contributed by atoms with van der Waals surface area (Å²) in [7, 11) is 0. The standard InChI is InChI=1S/C20H24N6O/c21-18(13-17-6-8-23-24-17)20(27)26-11-9-25(10-12-26)14-16-4-1-3-15-5-2-7-22-19(15)16/h1-8,18H,9-14,21H2,(H,23,24). The number of nitrogens with zero attached hydrogens (tertiary/aromatic N) is 4. The van der Waals surface area contributed by atoms with Crippen LogP contribution in [-0.4, -0.2) is 63.1 Å². The second kappa shape index (κ2) is 7.85. The largest absolute Gasteiger partial charge is 0.339 e. The molecule has 0 saturated carbocycles. The zero-order chi connectivity index (χ0) is 18.6. The lowest BCUT2D eigenvalue weighted by Gasteiger charge is -2.36. The highest BCUT2D eigenvalue weighted by molar-refractivity contribution is 5.82. The van der Waals surface area contributed by atoms with Crippen molar-refractivity contribution < 1.29 is 4.79 Å². The van der Waals surface area contributed by atoms with Crippen molar-refractivity contribution in [2.45, 2.75) is 19.0 Å². The number of aromatic amines is 1. The number of H-pyrrole nitrogens is 1. The molecule has 4 rings (SSSR count). The van der Waals surface area contributed by atoms with E-state index in [4.69, 9.17) is 5.73 Å². The lowest BCUT2D eigenvalue weighted by atomic mass is 10.1. The molecule has 1 aromatic carbocycles. The quantitative estimate of drug-likeness (QED) is 0.709. The van der Waals surface area contributed by atoms with Gasteiger partial charge in [0.1, 0.15) is 0 Å². The van der Waals surface area contributed by atoms with E-state index in [1.165, 1.54) is 5.56 Å². The maximum Gasteiger partial charge on any atom is 0.239 e. The third-order valence-electron chi connectivity index (χ3n) is 5.11. The Balaban J connectivity index is 1.34. The van der Waals surface area contributed by atoms with E-state index in [0.717, 1.165) is 36.2 Å². The number of hydrogen-bond donors (Lipinski definition) is 2. The molecule has 1 unspecified atom stereocenters. The fraction of sp³-hybridized carbons (Fsp3) is 0.350. The van der Waals surface area contributed by atoms with Gasteiger partial charge in [-0.1, -0.05) is 24.3 Å². The maximum atomic E-state index is 12.6. The van der Waals surface area contributed by atoms with Crippen LogP contribution in [0, 0.1) is 0 Å². The Morgan fingerprint density at radius 3 is 2.70 bits per heavy atom. The van der Waals surface area contributed by atoms with Gasteiger partial charge in [-0.05, 0) is 17.7 Å². The molecule has 2 aromatic heterocycles. The first kappa shape index (κ1) is 17.6. The minimum atomic E-state index is -0.528. The second-order valence-electron chi connectivity index (χ2n) is 6.99. The molecule has 1 atom stereocenters. The summed E-state index contributed by atoms with van der Waals surface area (Å²) in [6.07, 6.45) is 4.00. The van der Waals surface area contributed by atoms with Gasteiger partial charge in [0.15, 0.2) is 0 Å². The zero-order valence-corrected chi connectivity index (χ0v) is 15.2. The molecular weight excluding hydrogens is 340 g/mol. The van der Waals surface area contributed by atoms with Crippen LogP contribution in [0.2, 0.25) is 0 Å². The SMILES string of the molecule is NC(Cc1ccn[nH]1)C(=O)N1CCN(Cc2cccc3cccnc23)CC1. The number of fused-ring (bicyclic) bond motifs is 1. The summed E-state index contributed by atoms with van der Waals surface area (Å²) in [5.41, 5.74) is 9.27. The first-order chi connectivity index (χ1) is 13.2. The van der Waals surface area contributed by atoms with Gasteiger partial charge < -0.3 is 10.6 Å². The number of benzene rings is 1. The normalized spacial score (nSPS) is 16.6. The van der Waals surface area contributed by atoms with Crippen LogP contribution in [0.5, 0.6) is 0 Å². The predicted octanol–water partition coefficient (Wildman–Crippen LogP) is 1.17. The zero-order valence-electron chi connectivity index (χ0n) is 15.2. The third kappa shape index (κ3) is 3.99. The van der Waals surface area contributed by atoms with Crippen LogP contribution < -0.4 is 5.73 Å². The van der Waals surface area contributed by atoms with E-state index in [1.807, 2.05) is 23.2 Å². The average molecular weight is 364 g/mol. The Morgan fingerprint density at radius 1 is 1.11 bits per heavy atom. The number of carbonyl (C=O) groups is 1. The number of piperazine rings is 1. The number of pyridine rings is 1. The number of rotatable bonds is 5. The van der Waals surface area contributed by atoms with Gasteiger partial charge in [0.2, 0.25) is 5.91 Å². The molecule has 3 aromatic rings. The third-order valence-corrected chi connectivity index (χ3v) is 5.11. The van der Waals surface area contributed by atoms with E-state index in [-0.39, 0.29) is 5.91 Å². The van der Waals surface area contributed by atoms with Crippen LogP contribution in [-0.2, 0) is 17.8 Å². The Labute approximate surface area is 158 Å². The van der Waals surface area contributed by atoms with Gasteiger partial charge >= 0.3 is 0 Å². The van der Waals surface area contributed by atoms with Crippen LogP contribution in [0.1, 0.15) is 11.3 Å². The van der Waals surface area contributed by atoms with E-state index < -0.39 is 6.04 Å². The van der Waals surface area contributed by atoms with Crippen LogP contribution >= 0.6 is 0 Å². The van der Waals surface area contributed by atoms with Gasteiger partial charge in [-0.3, -0.25) is 19.8 Å². The fourth-order valence-corrected chi connectivity index (χ4v) is 3.62. The second-order valence-corrected chi connectivity index (χ2v) is 6.99. The molecule has 0 spiro atoms. The van der Waals surface area contributed by atoms with Crippen molar-refractivity contribution in [3.8, 4) is 0 Å². The molecule has 3 heterocycles. The predicted molar refractivity (Wildman–Crippen MR) is 104 cm³/mol. The van der Waals surface area contributed by atoms with Crippen molar-refractivity contribution in [2.24, 2.45) is 5.73 Å². The lowest BCUT2D eigenvalue weighted by molar-refractivity contribution is -0.134. The van der Waals surface area contributed by atoms with Gasteiger partial charge in [-0.2, -0.15) is 5.10 Å². The van der Waals surface area contributed by atoms with Crippen LogP contribution in [0.4, 0.5) is 0 Å². The average Bonchev–Trinajstić information content (AvgIpc) is 3.21. The molecule has 7 nitrogen and oxygen atoms in total. The Bertz CT molecular complexity index is 896. The monoisotopic (exact) mass is 364 g/mol. The molecule has 3 N–H and O–H groups in total. The molecule has 0 radical (unpaired) electrons. The molecular formula is C20H24N6O. The number of aromatic nitrogens is 3. The van der Waals surface area contributed by atoms with Crippen molar-refractivity contribution in [1.29, 1.82) is 0 Å². The highest BCUT2D eigenvalue weighted by atomic mass is 16.2. The topological polar surface area (TPSA) is 91.1 Å². The number of hydrogen-bond acceptors (Lipinski definition) is 5. The summed E-state index contributed by atoms with van der Waals surface area (Å²) >= 11 is 0. The minimum Gasteiger partial charge on any atom is -0.339 e. The van der Waals surface area contributed by atoms with E-state index in [0.29, 0.717) is 19.5 Å². The van der Waals surface area contributed by atoms with Crippen molar-refractivity contribution >= 4 is 16.8 Å². The molecule has 0 aliphatic carbocycles. The number of nitrogens with one attached hydrogen (secondary N) is 1. The van der Waals surface area contributed by atoms with Crippen LogP contribution in [0.25, 0.3) is 10.9 Å². The minimum absolute atomic E-state index is 0.0103. The molecule has 27 heavy (non-hydrogen) atoms. The Hall–Kier alpha value is -2.77. The van der Waals surface area contributed by atoms with Crippen molar-refractivity contribution in [3.63, 3.8) is 0 Å². The highest BCUT2D eigenvalue weighted by Gasteiger charge is 2.25. The summed E-state index contributed by atoms with van der Waals surface area (Å²) in [5.74, 6) is 0.0103. The van der Waals surface area contributed by atoms with E-state index >= 15 is 0 Å².